The summed E-state index contributed by atoms with van der Waals surface area (Å²) in [7, 11) is 1.18. The van der Waals surface area contributed by atoms with Gasteiger partial charge in [0, 0.05) is 0 Å². The standard InChI is InChI=1S/C21H16Cl2FNO5S/c1-11(20(27)29-2)25-19(26)17(31-21(25)28)9-13-7-15(22)18(16(23)8-13)30-10-12-4-3-5-14(24)6-12/h3-9,11H,10H2,1-2H3/b17-9+/t11-/m0/s1. The molecule has 3 rings (SSSR count). The zero-order valence-electron chi connectivity index (χ0n) is 16.4. The van der Waals surface area contributed by atoms with E-state index < -0.39 is 23.2 Å². The third-order valence-electron chi connectivity index (χ3n) is 4.34. The average molecular weight is 484 g/mol. The molecule has 0 aliphatic carbocycles. The fourth-order valence-electron chi connectivity index (χ4n) is 2.82. The van der Waals surface area contributed by atoms with Gasteiger partial charge in [0.25, 0.3) is 11.1 Å². The van der Waals surface area contributed by atoms with Crippen LogP contribution in [0.3, 0.4) is 0 Å². The van der Waals surface area contributed by atoms with E-state index in [1.807, 2.05) is 0 Å². The molecular weight excluding hydrogens is 468 g/mol. The number of carbonyl (C=O) groups is 3. The summed E-state index contributed by atoms with van der Waals surface area (Å²) >= 11 is 13.3. The quantitative estimate of drug-likeness (QED) is 0.409. The van der Waals surface area contributed by atoms with E-state index in [0.717, 1.165) is 4.90 Å². The third-order valence-corrected chi connectivity index (χ3v) is 5.79. The molecule has 1 aliphatic rings. The van der Waals surface area contributed by atoms with Crippen molar-refractivity contribution in [2.75, 3.05) is 7.11 Å². The Morgan fingerprint density at radius 3 is 2.52 bits per heavy atom. The van der Waals surface area contributed by atoms with Crippen molar-refractivity contribution >= 4 is 58.2 Å². The van der Waals surface area contributed by atoms with Crippen molar-refractivity contribution in [3.8, 4) is 5.75 Å². The van der Waals surface area contributed by atoms with Crippen LogP contribution in [0.25, 0.3) is 6.08 Å². The van der Waals surface area contributed by atoms with E-state index in [0.29, 0.717) is 22.9 Å². The van der Waals surface area contributed by atoms with Crippen LogP contribution in [-0.2, 0) is 20.9 Å². The first-order valence-corrected chi connectivity index (χ1v) is 10.5. The molecule has 1 aliphatic heterocycles. The summed E-state index contributed by atoms with van der Waals surface area (Å²) in [6.07, 6.45) is 1.45. The zero-order valence-corrected chi connectivity index (χ0v) is 18.7. The highest BCUT2D eigenvalue weighted by atomic mass is 35.5. The lowest BCUT2D eigenvalue weighted by Crippen LogP contribution is -2.42. The molecule has 0 aromatic heterocycles. The van der Waals surface area contributed by atoms with E-state index in [-0.39, 0.29) is 33.1 Å². The highest BCUT2D eigenvalue weighted by Gasteiger charge is 2.41. The molecule has 0 spiro atoms. The van der Waals surface area contributed by atoms with E-state index in [1.54, 1.807) is 12.1 Å². The maximum atomic E-state index is 13.3. The minimum absolute atomic E-state index is 0.0564. The molecule has 6 nitrogen and oxygen atoms in total. The Morgan fingerprint density at radius 2 is 1.90 bits per heavy atom. The summed E-state index contributed by atoms with van der Waals surface area (Å²) in [6, 6.07) is 7.92. The Balaban J connectivity index is 1.79. The first-order chi connectivity index (χ1) is 14.7. The number of hydrogen-bond acceptors (Lipinski definition) is 6. The Morgan fingerprint density at radius 1 is 1.23 bits per heavy atom. The maximum Gasteiger partial charge on any atom is 0.328 e. The molecular formula is C21H16Cl2FNO5S. The SMILES string of the molecule is COC(=O)[C@H](C)N1C(=O)S/C(=C/c2cc(Cl)c(OCc3cccc(F)c3)c(Cl)c2)C1=O. The van der Waals surface area contributed by atoms with Crippen molar-refractivity contribution in [3.63, 3.8) is 0 Å². The second-order valence-corrected chi connectivity index (χ2v) is 8.29. The van der Waals surface area contributed by atoms with Crippen LogP contribution >= 0.6 is 35.0 Å². The molecule has 31 heavy (non-hydrogen) atoms. The summed E-state index contributed by atoms with van der Waals surface area (Å²) < 4.78 is 23.5. The first-order valence-electron chi connectivity index (χ1n) is 8.92. The van der Waals surface area contributed by atoms with Crippen molar-refractivity contribution in [3.05, 3.63) is 68.3 Å². The van der Waals surface area contributed by atoms with Gasteiger partial charge in [0.15, 0.2) is 5.75 Å². The number of carbonyl (C=O) groups excluding carboxylic acids is 3. The summed E-state index contributed by atoms with van der Waals surface area (Å²) in [4.78, 5) is 37.4. The van der Waals surface area contributed by atoms with Crippen LogP contribution in [0.15, 0.2) is 41.3 Å². The fraction of sp³-hybridized carbons (Fsp3) is 0.190. The third kappa shape index (κ3) is 5.20. The number of esters is 1. The molecule has 2 aromatic carbocycles. The van der Waals surface area contributed by atoms with Crippen molar-refractivity contribution in [2.45, 2.75) is 19.6 Å². The van der Waals surface area contributed by atoms with Crippen molar-refractivity contribution in [1.29, 1.82) is 0 Å². The second-order valence-electron chi connectivity index (χ2n) is 6.48. The molecule has 162 valence electrons. The molecule has 0 N–H and O–H groups in total. The molecule has 0 radical (unpaired) electrons. The lowest BCUT2D eigenvalue weighted by Gasteiger charge is -2.18. The molecule has 1 heterocycles. The summed E-state index contributed by atoms with van der Waals surface area (Å²) in [5.41, 5.74) is 1.06. The van der Waals surface area contributed by atoms with E-state index in [4.69, 9.17) is 27.9 Å². The van der Waals surface area contributed by atoms with Crippen molar-refractivity contribution in [2.24, 2.45) is 0 Å². The number of rotatable bonds is 6. The second kappa shape index (κ2) is 9.72. The van der Waals surface area contributed by atoms with Gasteiger partial charge >= 0.3 is 5.97 Å². The Kier molecular flexibility index (Phi) is 7.25. The number of amides is 2. The van der Waals surface area contributed by atoms with Crippen LogP contribution in [0.1, 0.15) is 18.1 Å². The highest BCUT2D eigenvalue weighted by Crippen LogP contribution is 2.38. The molecule has 1 saturated heterocycles. The van der Waals surface area contributed by atoms with E-state index in [9.17, 15) is 18.8 Å². The largest absolute Gasteiger partial charge is 0.486 e. The van der Waals surface area contributed by atoms with Crippen LogP contribution < -0.4 is 4.74 Å². The van der Waals surface area contributed by atoms with Gasteiger partial charge in [0.2, 0.25) is 0 Å². The van der Waals surface area contributed by atoms with Gasteiger partial charge in [-0.3, -0.25) is 14.5 Å². The van der Waals surface area contributed by atoms with Crippen LogP contribution in [0.2, 0.25) is 10.0 Å². The predicted octanol–water partition coefficient (Wildman–Crippen LogP) is 5.31. The van der Waals surface area contributed by atoms with E-state index in [2.05, 4.69) is 4.74 Å². The molecule has 10 heteroatoms. The van der Waals surface area contributed by atoms with E-state index >= 15 is 0 Å². The van der Waals surface area contributed by atoms with Gasteiger partial charge in [0.1, 0.15) is 18.5 Å². The van der Waals surface area contributed by atoms with Gasteiger partial charge in [-0.15, -0.1) is 0 Å². The number of ether oxygens (including phenoxy) is 2. The number of nitrogens with zero attached hydrogens (tertiary/aromatic N) is 1. The topological polar surface area (TPSA) is 72.9 Å². The monoisotopic (exact) mass is 483 g/mol. The molecule has 1 atom stereocenters. The summed E-state index contributed by atoms with van der Waals surface area (Å²) in [5, 5.41) is -0.226. The molecule has 1 fully saturated rings. The number of benzene rings is 2. The molecule has 2 aromatic rings. The van der Waals surface area contributed by atoms with Crippen molar-refractivity contribution in [1.82, 2.24) is 4.90 Å². The van der Waals surface area contributed by atoms with Crippen LogP contribution in [0.5, 0.6) is 5.75 Å². The predicted molar refractivity (Wildman–Crippen MR) is 116 cm³/mol. The van der Waals surface area contributed by atoms with Gasteiger partial charge in [-0.05, 0) is 60.2 Å². The van der Waals surface area contributed by atoms with E-state index in [1.165, 1.54) is 44.4 Å². The molecule has 0 saturated carbocycles. The van der Waals surface area contributed by atoms with Gasteiger partial charge in [-0.1, -0.05) is 35.3 Å². The van der Waals surface area contributed by atoms with Gasteiger partial charge in [-0.2, -0.15) is 0 Å². The summed E-state index contributed by atoms with van der Waals surface area (Å²) in [6.45, 7) is 1.46. The lowest BCUT2D eigenvalue weighted by atomic mass is 10.2. The number of methoxy groups -OCH3 is 1. The van der Waals surface area contributed by atoms with Gasteiger partial charge in [-0.25, -0.2) is 9.18 Å². The smallest absolute Gasteiger partial charge is 0.328 e. The van der Waals surface area contributed by atoms with Gasteiger partial charge in [0.05, 0.1) is 22.1 Å². The normalized spacial score (nSPS) is 16.0. The van der Waals surface area contributed by atoms with Crippen LogP contribution in [-0.4, -0.2) is 35.2 Å². The Labute approximate surface area is 191 Å². The molecule has 2 amide bonds. The number of imide groups is 1. The Hall–Kier alpha value is -2.55. The van der Waals surface area contributed by atoms with Crippen molar-refractivity contribution < 1.29 is 28.2 Å². The number of hydrogen-bond donors (Lipinski definition) is 0. The number of halogens is 3. The zero-order chi connectivity index (χ0) is 22.7. The fourth-order valence-corrected chi connectivity index (χ4v) is 4.35. The Bertz CT molecular complexity index is 1070. The average Bonchev–Trinajstić information content (AvgIpc) is 2.99. The summed E-state index contributed by atoms with van der Waals surface area (Å²) in [5.74, 6) is -1.50. The highest BCUT2D eigenvalue weighted by molar-refractivity contribution is 8.18. The minimum atomic E-state index is -1.05. The van der Waals surface area contributed by atoms with Crippen LogP contribution in [0, 0.1) is 5.82 Å². The van der Waals surface area contributed by atoms with Gasteiger partial charge < -0.3 is 9.47 Å². The van der Waals surface area contributed by atoms with Crippen LogP contribution in [0.4, 0.5) is 9.18 Å². The lowest BCUT2D eigenvalue weighted by molar-refractivity contribution is -0.148. The first kappa shape index (κ1) is 23.1. The molecule has 0 bridgehead atoms. The number of thioether (sulfide) groups is 1. The maximum absolute atomic E-state index is 13.3. The minimum Gasteiger partial charge on any atom is -0.486 e. The molecule has 0 unspecified atom stereocenters.